The fraction of sp³-hybridized carbons (Fsp3) is 0.533. The number of nitrogens with one attached hydrogen (secondary N) is 2. The summed E-state index contributed by atoms with van der Waals surface area (Å²) >= 11 is 3.44. The molecule has 6 heteroatoms. The van der Waals surface area contributed by atoms with E-state index in [2.05, 4.69) is 26.6 Å². The Morgan fingerprint density at radius 1 is 1.57 bits per heavy atom. The molecular weight excluding hydrogens is 336 g/mol. The minimum atomic E-state index is -0.297. The van der Waals surface area contributed by atoms with Gasteiger partial charge in [-0.2, -0.15) is 0 Å². The molecule has 0 radical (unpaired) electrons. The molecule has 1 aliphatic rings. The number of ether oxygens (including phenoxy) is 2. The quantitative estimate of drug-likeness (QED) is 0.843. The molecule has 1 heterocycles. The van der Waals surface area contributed by atoms with Gasteiger partial charge in [-0.1, -0.05) is 12.1 Å². The van der Waals surface area contributed by atoms with Crippen LogP contribution in [0.2, 0.25) is 0 Å². The molecule has 2 N–H and O–H groups in total. The number of morpholine rings is 1. The standard InChI is InChI=1S/C15H21BrN2O3/c1-10(21-13-6-4-3-5-12(13)16)9-18-15(19)14-11(2)20-8-7-17-14/h3-6,10-11,14,17H,7-9H2,1-2H3,(H,18,19)/t10?,11-,14+/m1/s1. The maximum atomic E-state index is 12.1. The Morgan fingerprint density at radius 2 is 2.33 bits per heavy atom. The van der Waals surface area contributed by atoms with Gasteiger partial charge in [-0.3, -0.25) is 4.79 Å². The van der Waals surface area contributed by atoms with Crippen molar-refractivity contribution in [2.75, 3.05) is 19.7 Å². The molecule has 21 heavy (non-hydrogen) atoms. The van der Waals surface area contributed by atoms with Crippen LogP contribution in [0.25, 0.3) is 0 Å². The molecule has 1 unspecified atom stereocenters. The Balaban J connectivity index is 1.79. The minimum absolute atomic E-state index is 0.0511. The molecule has 116 valence electrons. The molecule has 1 amide bonds. The zero-order valence-corrected chi connectivity index (χ0v) is 13.9. The van der Waals surface area contributed by atoms with Crippen molar-refractivity contribution in [3.05, 3.63) is 28.7 Å². The third-order valence-corrected chi connectivity index (χ3v) is 3.98. The number of rotatable bonds is 5. The number of para-hydroxylation sites is 1. The average molecular weight is 357 g/mol. The van der Waals surface area contributed by atoms with Crippen LogP contribution in [0, 0.1) is 0 Å². The highest BCUT2D eigenvalue weighted by Gasteiger charge is 2.28. The minimum Gasteiger partial charge on any atom is -0.488 e. The summed E-state index contributed by atoms with van der Waals surface area (Å²) in [6.45, 7) is 5.62. The molecule has 1 aromatic rings. The number of hydrogen-bond acceptors (Lipinski definition) is 4. The van der Waals surface area contributed by atoms with Crippen LogP contribution in [0.1, 0.15) is 13.8 Å². The second-order valence-corrected chi connectivity index (χ2v) is 5.97. The van der Waals surface area contributed by atoms with E-state index in [0.717, 1.165) is 10.2 Å². The number of benzene rings is 1. The Labute approximate surface area is 133 Å². The van der Waals surface area contributed by atoms with Crippen LogP contribution in [0.4, 0.5) is 0 Å². The van der Waals surface area contributed by atoms with E-state index < -0.39 is 0 Å². The summed E-state index contributed by atoms with van der Waals surface area (Å²) in [6, 6.07) is 7.36. The topological polar surface area (TPSA) is 59.6 Å². The van der Waals surface area contributed by atoms with E-state index in [1.165, 1.54) is 0 Å². The predicted molar refractivity (Wildman–Crippen MR) is 84.4 cm³/mol. The van der Waals surface area contributed by atoms with Crippen LogP contribution in [0.15, 0.2) is 28.7 Å². The van der Waals surface area contributed by atoms with Gasteiger partial charge in [0.1, 0.15) is 17.9 Å². The smallest absolute Gasteiger partial charge is 0.239 e. The summed E-state index contributed by atoms with van der Waals surface area (Å²) in [6.07, 6.45) is -0.231. The SMILES string of the molecule is CC(CNC(=O)[C@H]1NCCO[C@@H]1C)Oc1ccccc1Br. The molecule has 3 atom stereocenters. The van der Waals surface area contributed by atoms with Crippen molar-refractivity contribution < 1.29 is 14.3 Å². The van der Waals surface area contributed by atoms with Crippen molar-refractivity contribution in [3.63, 3.8) is 0 Å². The molecule has 1 aliphatic heterocycles. The van der Waals surface area contributed by atoms with Crippen molar-refractivity contribution in [2.45, 2.75) is 32.1 Å². The predicted octanol–water partition coefficient (Wildman–Crippen LogP) is 1.71. The molecule has 0 aromatic heterocycles. The van der Waals surface area contributed by atoms with Crippen molar-refractivity contribution in [1.29, 1.82) is 0 Å². The first kappa shape index (κ1) is 16.3. The summed E-state index contributed by atoms with van der Waals surface area (Å²) in [5.41, 5.74) is 0. The molecule has 1 saturated heterocycles. The van der Waals surface area contributed by atoms with Gasteiger partial charge in [0, 0.05) is 6.54 Å². The van der Waals surface area contributed by atoms with E-state index in [1.807, 2.05) is 38.1 Å². The Hall–Kier alpha value is -1.11. The molecule has 5 nitrogen and oxygen atoms in total. The fourth-order valence-corrected chi connectivity index (χ4v) is 2.56. The third kappa shape index (κ3) is 4.69. The van der Waals surface area contributed by atoms with Gasteiger partial charge in [0.05, 0.1) is 23.7 Å². The summed E-state index contributed by atoms with van der Waals surface area (Å²) < 4.78 is 12.2. The lowest BCUT2D eigenvalue weighted by atomic mass is 10.1. The van der Waals surface area contributed by atoms with E-state index in [9.17, 15) is 4.79 Å². The van der Waals surface area contributed by atoms with E-state index in [0.29, 0.717) is 19.7 Å². The van der Waals surface area contributed by atoms with Crippen LogP contribution in [-0.4, -0.2) is 43.9 Å². The van der Waals surface area contributed by atoms with E-state index in [1.54, 1.807) is 0 Å². The van der Waals surface area contributed by atoms with Gasteiger partial charge in [0.2, 0.25) is 5.91 Å². The molecule has 0 saturated carbocycles. The zero-order valence-electron chi connectivity index (χ0n) is 12.3. The first-order valence-electron chi connectivity index (χ1n) is 7.12. The van der Waals surface area contributed by atoms with Gasteiger partial charge in [-0.25, -0.2) is 0 Å². The van der Waals surface area contributed by atoms with Gasteiger partial charge in [0.25, 0.3) is 0 Å². The second kappa shape index (κ2) is 7.77. The number of halogens is 1. The van der Waals surface area contributed by atoms with Crippen LogP contribution < -0.4 is 15.4 Å². The Kier molecular flexibility index (Phi) is 6.02. The average Bonchev–Trinajstić information content (AvgIpc) is 2.48. The van der Waals surface area contributed by atoms with Crippen molar-refractivity contribution >= 4 is 21.8 Å². The monoisotopic (exact) mass is 356 g/mol. The zero-order chi connectivity index (χ0) is 15.2. The first-order chi connectivity index (χ1) is 10.1. The van der Waals surface area contributed by atoms with Gasteiger partial charge >= 0.3 is 0 Å². The lowest BCUT2D eigenvalue weighted by Crippen LogP contribution is -2.56. The van der Waals surface area contributed by atoms with Gasteiger partial charge < -0.3 is 20.1 Å². The number of carbonyl (C=O) groups excluding carboxylic acids is 1. The number of carbonyl (C=O) groups is 1. The van der Waals surface area contributed by atoms with Gasteiger partial charge in [-0.05, 0) is 41.9 Å². The molecule has 1 aromatic carbocycles. The normalized spacial score (nSPS) is 23.4. The third-order valence-electron chi connectivity index (χ3n) is 3.33. The summed E-state index contributed by atoms with van der Waals surface area (Å²) in [5.74, 6) is 0.719. The fourth-order valence-electron chi connectivity index (χ4n) is 2.18. The van der Waals surface area contributed by atoms with Crippen molar-refractivity contribution in [1.82, 2.24) is 10.6 Å². The number of hydrogen-bond donors (Lipinski definition) is 2. The van der Waals surface area contributed by atoms with Crippen LogP contribution in [0.5, 0.6) is 5.75 Å². The Morgan fingerprint density at radius 3 is 3.05 bits per heavy atom. The molecule has 0 aliphatic carbocycles. The highest BCUT2D eigenvalue weighted by molar-refractivity contribution is 9.10. The maximum absolute atomic E-state index is 12.1. The second-order valence-electron chi connectivity index (χ2n) is 5.11. The maximum Gasteiger partial charge on any atom is 0.239 e. The molecular formula is C15H21BrN2O3. The first-order valence-corrected chi connectivity index (χ1v) is 7.91. The Bertz CT molecular complexity index is 484. The van der Waals surface area contributed by atoms with Crippen molar-refractivity contribution in [2.24, 2.45) is 0 Å². The highest BCUT2D eigenvalue weighted by Crippen LogP contribution is 2.24. The lowest BCUT2D eigenvalue weighted by molar-refractivity contribution is -0.129. The summed E-state index contributed by atoms with van der Waals surface area (Å²) in [4.78, 5) is 12.1. The summed E-state index contributed by atoms with van der Waals surface area (Å²) in [7, 11) is 0. The summed E-state index contributed by atoms with van der Waals surface area (Å²) in [5, 5.41) is 6.07. The van der Waals surface area contributed by atoms with Gasteiger partial charge in [0.15, 0.2) is 0 Å². The van der Waals surface area contributed by atoms with Crippen molar-refractivity contribution in [3.8, 4) is 5.75 Å². The van der Waals surface area contributed by atoms with Crippen LogP contribution in [-0.2, 0) is 9.53 Å². The molecule has 1 fully saturated rings. The molecule has 0 bridgehead atoms. The van der Waals surface area contributed by atoms with E-state index >= 15 is 0 Å². The largest absolute Gasteiger partial charge is 0.488 e. The molecule has 2 rings (SSSR count). The van der Waals surface area contributed by atoms with E-state index in [4.69, 9.17) is 9.47 Å². The van der Waals surface area contributed by atoms with E-state index in [-0.39, 0.29) is 24.2 Å². The van der Waals surface area contributed by atoms with Gasteiger partial charge in [-0.15, -0.1) is 0 Å². The number of amides is 1. The lowest BCUT2D eigenvalue weighted by Gasteiger charge is -2.29. The highest BCUT2D eigenvalue weighted by atomic mass is 79.9. The van der Waals surface area contributed by atoms with Crippen LogP contribution >= 0.6 is 15.9 Å². The molecule has 0 spiro atoms. The van der Waals surface area contributed by atoms with Crippen LogP contribution in [0.3, 0.4) is 0 Å².